The summed E-state index contributed by atoms with van der Waals surface area (Å²) < 4.78 is 0. The average Bonchev–Trinajstić information content (AvgIpc) is 2.78. The Labute approximate surface area is 104 Å². The Morgan fingerprint density at radius 1 is 1.53 bits per heavy atom. The molecule has 0 saturated carbocycles. The van der Waals surface area contributed by atoms with Gasteiger partial charge in [0.1, 0.15) is 0 Å². The summed E-state index contributed by atoms with van der Waals surface area (Å²) in [5.74, 6) is 1.70. The molecule has 0 spiro atoms. The van der Waals surface area contributed by atoms with E-state index in [1.165, 1.54) is 18.5 Å². The minimum Gasteiger partial charge on any atom is -0.355 e. The first-order valence-corrected chi connectivity index (χ1v) is 6.51. The van der Waals surface area contributed by atoms with Crippen LogP contribution >= 0.6 is 0 Å². The van der Waals surface area contributed by atoms with Gasteiger partial charge in [0.2, 0.25) is 0 Å². The Morgan fingerprint density at radius 2 is 2.29 bits per heavy atom. The first-order chi connectivity index (χ1) is 8.00. The molecule has 1 unspecified atom stereocenters. The van der Waals surface area contributed by atoms with E-state index >= 15 is 0 Å². The third-order valence-corrected chi connectivity index (χ3v) is 3.55. The van der Waals surface area contributed by atoms with Crippen LogP contribution in [0.1, 0.15) is 39.3 Å². The molecule has 1 fully saturated rings. The number of rotatable bonds is 2. The topological polar surface area (TPSA) is 57.9 Å². The van der Waals surface area contributed by atoms with Crippen LogP contribution in [0, 0.1) is 5.92 Å². The number of aromatic amines is 1. The maximum absolute atomic E-state index is 5.76. The Kier molecular flexibility index (Phi) is 3.43. The number of H-pyrrole nitrogens is 1. The van der Waals surface area contributed by atoms with Gasteiger partial charge >= 0.3 is 0 Å². The third kappa shape index (κ3) is 2.80. The summed E-state index contributed by atoms with van der Waals surface area (Å²) in [5, 5.41) is 7.59. The van der Waals surface area contributed by atoms with E-state index in [1.807, 2.05) is 0 Å². The molecule has 1 aromatic rings. The predicted molar refractivity (Wildman–Crippen MR) is 71.3 cm³/mol. The van der Waals surface area contributed by atoms with Gasteiger partial charge in [-0.3, -0.25) is 5.10 Å². The van der Waals surface area contributed by atoms with E-state index in [0.29, 0.717) is 5.92 Å². The molecular formula is C13H24N4. The lowest BCUT2D eigenvalue weighted by atomic mass is 9.92. The van der Waals surface area contributed by atoms with Crippen LogP contribution in [0.4, 0.5) is 5.82 Å². The molecule has 1 saturated heterocycles. The van der Waals surface area contributed by atoms with Crippen LogP contribution in [0.15, 0.2) is 6.07 Å². The van der Waals surface area contributed by atoms with Crippen molar-refractivity contribution in [2.24, 2.45) is 11.7 Å². The zero-order valence-electron chi connectivity index (χ0n) is 11.2. The zero-order chi connectivity index (χ0) is 12.5. The zero-order valence-corrected chi connectivity index (χ0v) is 11.2. The van der Waals surface area contributed by atoms with E-state index in [0.717, 1.165) is 25.5 Å². The molecule has 17 heavy (non-hydrogen) atoms. The van der Waals surface area contributed by atoms with Gasteiger partial charge < -0.3 is 10.6 Å². The van der Waals surface area contributed by atoms with E-state index in [9.17, 15) is 0 Å². The highest BCUT2D eigenvalue weighted by atomic mass is 15.3. The summed E-state index contributed by atoms with van der Waals surface area (Å²) in [6, 6.07) is 2.18. The lowest BCUT2D eigenvalue weighted by Gasteiger charge is -2.32. The molecule has 0 amide bonds. The summed E-state index contributed by atoms with van der Waals surface area (Å²) in [4.78, 5) is 2.35. The average molecular weight is 236 g/mol. The van der Waals surface area contributed by atoms with E-state index < -0.39 is 0 Å². The second-order valence-corrected chi connectivity index (χ2v) is 6.08. The number of aromatic nitrogens is 2. The molecule has 1 aliphatic rings. The fourth-order valence-corrected chi connectivity index (χ4v) is 2.32. The second kappa shape index (κ2) is 4.69. The van der Waals surface area contributed by atoms with Gasteiger partial charge in [-0.2, -0.15) is 5.10 Å². The van der Waals surface area contributed by atoms with Crippen molar-refractivity contribution in [2.45, 2.75) is 39.0 Å². The number of nitrogens with one attached hydrogen (secondary N) is 1. The van der Waals surface area contributed by atoms with E-state index in [2.05, 4.69) is 41.9 Å². The molecule has 2 rings (SSSR count). The minimum absolute atomic E-state index is 0.133. The molecule has 96 valence electrons. The van der Waals surface area contributed by atoms with Crippen molar-refractivity contribution in [3.63, 3.8) is 0 Å². The van der Waals surface area contributed by atoms with Crippen LogP contribution in [-0.2, 0) is 5.41 Å². The second-order valence-electron chi connectivity index (χ2n) is 6.08. The van der Waals surface area contributed by atoms with Gasteiger partial charge in [-0.1, -0.05) is 20.8 Å². The Morgan fingerprint density at radius 3 is 2.88 bits per heavy atom. The lowest BCUT2D eigenvalue weighted by Crippen LogP contribution is -2.38. The van der Waals surface area contributed by atoms with Gasteiger partial charge in [-0.15, -0.1) is 0 Å². The third-order valence-electron chi connectivity index (χ3n) is 3.55. The minimum atomic E-state index is 0.133. The number of anilines is 1. The molecule has 0 aromatic carbocycles. The highest BCUT2D eigenvalue weighted by Gasteiger charge is 2.23. The first kappa shape index (κ1) is 12.4. The molecule has 4 nitrogen and oxygen atoms in total. The molecular weight excluding hydrogens is 212 g/mol. The Bertz CT molecular complexity index is 364. The van der Waals surface area contributed by atoms with Gasteiger partial charge in [0, 0.05) is 30.3 Å². The maximum atomic E-state index is 5.76. The van der Waals surface area contributed by atoms with E-state index in [4.69, 9.17) is 5.73 Å². The van der Waals surface area contributed by atoms with Gasteiger partial charge in [-0.25, -0.2) is 0 Å². The summed E-state index contributed by atoms with van der Waals surface area (Å²) in [6.07, 6.45) is 2.48. The van der Waals surface area contributed by atoms with E-state index in [1.54, 1.807) is 0 Å². The van der Waals surface area contributed by atoms with E-state index in [-0.39, 0.29) is 5.41 Å². The smallest absolute Gasteiger partial charge is 0.150 e. The van der Waals surface area contributed by atoms with Gasteiger partial charge in [-0.05, 0) is 25.3 Å². The lowest BCUT2D eigenvalue weighted by molar-refractivity contribution is 0.421. The van der Waals surface area contributed by atoms with Crippen molar-refractivity contribution in [1.82, 2.24) is 10.2 Å². The Hall–Kier alpha value is -1.03. The molecule has 2 heterocycles. The Balaban J connectivity index is 2.09. The molecule has 1 atom stereocenters. The van der Waals surface area contributed by atoms with Crippen molar-refractivity contribution in [3.8, 4) is 0 Å². The van der Waals surface area contributed by atoms with Crippen LogP contribution in [0.25, 0.3) is 0 Å². The monoisotopic (exact) mass is 236 g/mol. The van der Waals surface area contributed by atoms with Crippen LogP contribution in [0.2, 0.25) is 0 Å². The quantitative estimate of drug-likeness (QED) is 0.824. The van der Waals surface area contributed by atoms with Crippen molar-refractivity contribution in [1.29, 1.82) is 0 Å². The van der Waals surface area contributed by atoms with Crippen molar-refractivity contribution >= 4 is 5.82 Å². The van der Waals surface area contributed by atoms with Crippen molar-refractivity contribution < 1.29 is 0 Å². The summed E-state index contributed by atoms with van der Waals surface area (Å²) in [6.45, 7) is 9.53. The number of piperidine rings is 1. The fraction of sp³-hybridized carbons (Fsp3) is 0.769. The molecule has 1 aromatic heterocycles. The summed E-state index contributed by atoms with van der Waals surface area (Å²) >= 11 is 0. The highest BCUT2D eigenvalue weighted by Crippen LogP contribution is 2.26. The molecule has 4 heteroatoms. The van der Waals surface area contributed by atoms with Crippen LogP contribution < -0.4 is 10.6 Å². The molecule has 0 radical (unpaired) electrons. The largest absolute Gasteiger partial charge is 0.355 e. The molecule has 3 N–H and O–H groups in total. The van der Waals surface area contributed by atoms with Crippen molar-refractivity contribution in [2.75, 3.05) is 24.5 Å². The van der Waals surface area contributed by atoms with Crippen molar-refractivity contribution in [3.05, 3.63) is 11.8 Å². The number of nitrogens with two attached hydrogens (primary N) is 1. The SMILES string of the molecule is CC(C)(C)c1cc(N2CCCC(CN)C2)n[nH]1. The normalized spacial score (nSPS) is 21.9. The molecule has 1 aliphatic heterocycles. The number of nitrogens with zero attached hydrogens (tertiary/aromatic N) is 2. The summed E-state index contributed by atoms with van der Waals surface area (Å²) in [7, 11) is 0. The standard InChI is InChI=1S/C13H24N4/c1-13(2,3)11-7-12(16-15-11)17-6-4-5-10(8-14)9-17/h7,10H,4-6,8-9,14H2,1-3H3,(H,15,16). The molecule has 0 bridgehead atoms. The first-order valence-electron chi connectivity index (χ1n) is 6.51. The predicted octanol–water partition coefficient (Wildman–Crippen LogP) is 1.88. The van der Waals surface area contributed by atoms with Crippen LogP contribution in [0.3, 0.4) is 0 Å². The fourth-order valence-electron chi connectivity index (χ4n) is 2.32. The number of hydrogen-bond acceptors (Lipinski definition) is 3. The summed E-state index contributed by atoms with van der Waals surface area (Å²) in [5.41, 5.74) is 7.09. The van der Waals surface area contributed by atoms with Crippen LogP contribution in [-0.4, -0.2) is 29.8 Å². The highest BCUT2D eigenvalue weighted by molar-refractivity contribution is 5.41. The van der Waals surface area contributed by atoms with Gasteiger partial charge in [0.15, 0.2) is 5.82 Å². The molecule has 0 aliphatic carbocycles. The van der Waals surface area contributed by atoms with Gasteiger partial charge in [0.05, 0.1) is 0 Å². The van der Waals surface area contributed by atoms with Crippen LogP contribution in [0.5, 0.6) is 0 Å². The maximum Gasteiger partial charge on any atom is 0.150 e. The number of hydrogen-bond donors (Lipinski definition) is 2. The van der Waals surface area contributed by atoms with Gasteiger partial charge in [0.25, 0.3) is 0 Å².